The molecule has 0 unspecified atom stereocenters. The lowest BCUT2D eigenvalue weighted by atomic mass is 10.0. The van der Waals surface area contributed by atoms with Gasteiger partial charge in [-0.2, -0.15) is 0 Å². The van der Waals surface area contributed by atoms with Crippen LogP contribution in [0, 0.1) is 11.7 Å². The van der Waals surface area contributed by atoms with Crippen molar-refractivity contribution >= 4 is 23.7 Å². The van der Waals surface area contributed by atoms with Crippen LogP contribution < -0.4 is 5.32 Å². The molecule has 8 heteroatoms. The highest BCUT2D eigenvalue weighted by atomic mass is 19.1. The molecule has 0 bridgehead atoms. The predicted octanol–water partition coefficient (Wildman–Crippen LogP) is 3.20. The number of carbonyl (C=O) groups excluding carboxylic acids is 3. The molecular formula is C19H25FN2O5. The largest absolute Gasteiger partial charge is 0.465 e. The molecule has 148 valence electrons. The molecule has 1 aliphatic heterocycles. The molecule has 1 saturated heterocycles. The Bertz CT molecular complexity index is 744. The molecule has 7 nitrogen and oxygen atoms in total. The Labute approximate surface area is 157 Å². The smallest absolute Gasteiger partial charge is 0.410 e. The number of ether oxygens (including phenoxy) is 2. The Morgan fingerprint density at radius 2 is 1.93 bits per heavy atom. The third-order valence-electron chi connectivity index (χ3n) is 4.24. The highest BCUT2D eigenvalue weighted by Crippen LogP contribution is 2.27. The Morgan fingerprint density at radius 3 is 2.48 bits per heavy atom. The van der Waals surface area contributed by atoms with E-state index in [0.29, 0.717) is 13.0 Å². The summed E-state index contributed by atoms with van der Waals surface area (Å²) in [7, 11) is 1.20. The second kappa shape index (κ2) is 7.94. The van der Waals surface area contributed by atoms with Crippen LogP contribution in [0.4, 0.5) is 14.9 Å². The summed E-state index contributed by atoms with van der Waals surface area (Å²) in [5, 5.41) is 2.50. The first-order chi connectivity index (χ1) is 12.5. The number of benzene rings is 1. The molecule has 1 N–H and O–H groups in total. The fourth-order valence-corrected chi connectivity index (χ4v) is 2.94. The number of carbonyl (C=O) groups is 3. The number of methoxy groups -OCH3 is 1. The number of nitrogens with zero attached hydrogens (tertiary/aromatic N) is 1. The Morgan fingerprint density at radius 1 is 1.26 bits per heavy atom. The van der Waals surface area contributed by atoms with Crippen LogP contribution in [0.1, 0.15) is 44.5 Å². The summed E-state index contributed by atoms with van der Waals surface area (Å²) in [5.74, 6) is -2.04. The van der Waals surface area contributed by atoms with E-state index in [4.69, 9.17) is 4.74 Å². The van der Waals surface area contributed by atoms with Crippen molar-refractivity contribution in [3.8, 4) is 0 Å². The summed E-state index contributed by atoms with van der Waals surface area (Å²) in [5.41, 5.74) is -0.715. The Hall–Kier alpha value is -2.64. The quantitative estimate of drug-likeness (QED) is 0.814. The van der Waals surface area contributed by atoms with E-state index in [1.807, 2.05) is 6.92 Å². The van der Waals surface area contributed by atoms with Crippen LogP contribution >= 0.6 is 0 Å². The van der Waals surface area contributed by atoms with Crippen LogP contribution in [0.15, 0.2) is 18.2 Å². The fourth-order valence-electron chi connectivity index (χ4n) is 2.94. The van der Waals surface area contributed by atoms with E-state index in [1.165, 1.54) is 24.1 Å². The summed E-state index contributed by atoms with van der Waals surface area (Å²) < 4.78 is 24.1. The van der Waals surface area contributed by atoms with Gasteiger partial charge in [-0.25, -0.2) is 14.0 Å². The lowest BCUT2D eigenvalue weighted by Crippen LogP contribution is -2.47. The first kappa shape index (κ1) is 20.7. The SMILES string of the molecule is COC(=O)c1ccc(NC(=O)[C@@H]2[C@@H](C)CCN2C(=O)OC(C)(C)C)c(F)c1. The van der Waals surface area contributed by atoms with Crippen molar-refractivity contribution in [2.45, 2.75) is 45.8 Å². The van der Waals surface area contributed by atoms with Crippen molar-refractivity contribution in [2.24, 2.45) is 5.92 Å². The van der Waals surface area contributed by atoms with Crippen LogP contribution in [0.25, 0.3) is 0 Å². The lowest BCUT2D eigenvalue weighted by molar-refractivity contribution is -0.121. The number of halogens is 1. The Kier molecular flexibility index (Phi) is 6.08. The van der Waals surface area contributed by atoms with Crippen molar-refractivity contribution in [1.82, 2.24) is 4.90 Å². The van der Waals surface area contributed by atoms with E-state index in [9.17, 15) is 18.8 Å². The molecule has 2 atom stereocenters. The number of nitrogens with one attached hydrogen (secondary N) is 1. The maximum Gasteiger partial charge on any atom is 0.410 e. The molecule has 1 heterocycles. The second-order valence-electron chi connectivity index (χ2n) is 7.56. The van der Waals surface area contributed by atoms with Gasteiger partial charge in [0.25, 0.3) is 0 Å². The normalized spacial score (nSPS) is 19.6. The average molecular weight is 380 g/mol. The maximum atomic E-state index is 14.2. The van der Waals surface area contributed by atoms with Crippen molar-refractivity contribution in [1.29, 1.82) is 0 Å². The van der Waals surface area contributed by atoms with Crippen LogP contribution in [0.2, 0.25) is 0 Å². The molecule has 2 rings (SSSR count). The van der Waals surface area contributed by atoms with Gasteiger partial charge in [0.2, 0.25) is 5.91 Å². The summed E-state index contributed by atoms with van der Waals surface area (Å²) in [6.45, 7) is 7.48. The molecular weight excluding hydrogens is 355 g/mol. The third-order valence-corrected chi connectivity index (χ3v) is 4.24. The van der Waals surface area contributed by atoms with E-state index < -0.39 is 35.4 Å². The van der Waals surface area contributed by atoms with Crippen molar-refractivity contribution in [3.63, 3.8) is 0 Å². The summed E-state index contributed by atoms with van der Waals surface area (Å²) in [6, 6.07) is 2.87. The van der Waals surface area contributed by atoms with Crippen molar-refractivity contribution < 1.29 is 28.2 Å². The van der Waals surface area contributed by atoms with Crippen LogP contribution in [-0.2, 0) is 14.3 Å². The summed E-state index contributed by atoms with van der Waals surface area (Å²) in [6.07, 6.45) is 0.0645. The molecule has 0 saturated carbocycles. The minimum atomic E-state index is -0.764. The zero-order valence-electron chi connectivity index (χ0n) is 16.2. The van der Waals surface area contributed by atoms with Gasteiger partial charge in [0.05, 0.1) is 18.4 Å². The van der Waals surface area contributed by atoms with E-state index >= 15 is 0 Å². The predicted molar refractivity (Wildman–Crippen MR) is 96.9 cm³/mol. The maximum absolute atomic E-state index is 14.2. The van der Waals surface area contributed by atoms with E-state index in [-0.39, 0.29) is 17.2 Å². The van der Waals surface area contributed by atoms with Crippen LogP contribution in [-0.4, -0.2) is 48.2 Å². The molecule has 27 heavy (non-hydrogen) atoms. The van der Waals surface area contributed by atoms with Crippen LogP contribution in [0.5, 0.6) is 0 Å². The monoisotopic (exact) mass is 380 g/mol. The topological polar surface area (TPSA) is 84.9 Å². The van der Waals surface area contributed by atoms with Gasteiger partial charge in [0, 0.05) is 6.54 Å². The van der Waals surface area contributed by atoms with Gasteiger partial charge in [0.15, 0.2) is 0 Å². The first-order valence-electron chi connectivity index (χ1n) is 8.72. The Balaban J connectivity index is 2.15. The van der Waals surface area contributed by atoms with Crippen molar-refractivity contribution in [3.05, 3.63) is 29.6 Å². The minimum absolute atomic E-state index is 0.0395. The minimum Gasteiger partial charge on any atom is -0.465 e. The van der Waals surface area contributed by atoms with Gasteiger partial charge in [-0.05, 0) is 51.3 Å². The number of hydrogen-bond acceptors (Lipinski definition) is 5. The van der Waals surface area contributed by atoms with E-state index in [0.717, 1.165) is 6.07 Å². The highest BCUT2D eigenvalue weighted by molar-refractivity contribution is 5.98. The molecule has 2 amide bonds. The first-order valence-corrected chi connectivity index (χ1v) is 8.72. The zero-order valence-corrected chi connectivity index (χ0v) is 16.2. The molecule has 1 aromatic carbocycles. The molecule has 1 aliphatic rings. The zero-order chi connectivity index (χ0) is 20.4. The second-order valence-corrected chi connectivity index (χ2v) is 7.56. The van der Waals surface area contributed by atoms with Gasteiger partial charge in [-0.3, -0.25) is 9.69 Å². The summed E-state index contributed by atoms with van der Waals surface area (Å²) >= 11 is 0. The van der Waals surface area contributed by atoms with Gasteiger partial charge in [-0.15, -0.1) is 0 Å². The molecule has 1 aromatic rings. The molecule has 0 aromatic heterocycles. The number of esters is 1. The van der Waals surface area contributed by atoms with Gasteiger partial charge >= 0.3 is 12.1 Å². The summed E-state index contributed by atoms with van der Waals surface area (Å²) in [4.78, 5) is 37.9. The molecule has 0 radical (unpaired) electrons. The number of likely N-dealkylation sites (tertiary alicyclic amines) is 1. The van der Waals surface area contributed by atoms with Gasteiger partial charge < -0.3 is 14.8 Å². The molecule has 0 aliphatic carbocycles. The average Bonchev–Trinajstić information content (AvgIpc) is 2.96. The van der Waals surface area contributed by atoms with Gasteiger partial charge in [0.1, 0.15) is 17.5 Å². The number of amides is 2. The molecule has 1 fully saturated rings. The highest BCUT2D eigenvalue weighted by Gasteiger charge is 2.41. The van der Waals surface area contributed by atoms with Crippen LogP contribution in [0.3, 0.4) is 0 Å². The van der Waals surface area contributed by atoms with E-state index in [2.05, 4.69) is 10.1 Å². The van der Waals surface area contributed by atoms with E-state index in [1.54, 1.807) is 20.8 Å². The molecule has 0 spiro atoms. The van der Waals surface area contributed by atoms with Gasteiger partial charge in [-0.1, -0.05) is 6.92 Å². The third kappa shape index (κ3) is 4.96. The number of hydrogen-bond donors (Lipinski definition) is 1. The fraction of sp³-hybridized carbons (Fsp3) is 0.526. The van der Waals surface area contributed by atoms with Crippen molar-refractivity contribution in [2.75, 3.05) is 19.0 Å². The lowest BCUT2D eigenvalue weighted by Gasteiger charge is -2.29. The number of rotatable bonds is 3. The standard InChI is InChI=1S/C19H25FN2O5/c1-11-8-9-22(18(25)27-19(2,3)4)15(11)16(23)21-14-7-6-12(10-13(14)20)17(24)26-5/h6-7,10-11,15H,8-9H2,1-5H3,(H,21,23)/t11-,15-/m0/s1. The number of anilines is 1.